The van der Waals surface area contributed by atoms with Crippen molar-refractivity contribution in [1.82, 2.24) is 24.4 Å². The molecule has 3 fully saturated rings. The van der Waals surface area contributed by atoms with Gasteiger partial charge in [0.1, 0.15) is 6.23 Å². The Morgan fingerprint density at radius 3 is 2.49 bits per heavy atom. The zero-order valence-electron chi connectivity index (χ0n) is 21.1. The van der Waals surface area contributed by atoms with Gasteiger partial charge in [0.05, 0.1) is 5.69 Å². The van der Waals surface area contributed by atoms with Gasteiger partial charge in [0.15, 0.2) is 5.65 Å². The van der Waals surface area contributed by atoms with Crippen LogP contribution in [0.5, 0.6) is 0 Å². The number of aliphatic hydroxyl groups is 1. The Balaban J connectivity index is 1.15. The van der Waals surface area contributed by atoms with Crippen molar-refractivity contribution in [1.29, 1.82) is 0 Å². The van der Waals surface area contributed by atoms with E-state index in [0.717, 1.165) is 69.4 Å². The molecule has 4 heterocycles. The Hall–Kier alpha value is -3.30. The molecule has 0 spiro atoms. The van der Waals surface area contributed by atoms with Gasteiger partial charge in [-0.25, -0.2) is 4.52 Å². The predicted molar refractivity (Wildman–Crippen MR) is 140 cm³/mol. The predicted octanol–water partition coefficient (Wildman–Crippen LogP) is 3.40. The van der Waals surface area contributed by atoms with Crippen LogP contribution in [0.1, 0.15) is 55.3 Å². The van der Waals surface area contributed by atoms with Gasteiger partial charge < -0.3 is 10.0 Å². The van der Waals surface area contributed by atoms with E-state index in [9.17, 15) is 14.7 Å². The average molecular weight is 503 g/mol. The van der Waals surface area contributed by atoms with E-state index < -0.39 is 6.23 Å². The maximum atomic E-state index is 13.3. The van der Waals surface area contributed by atoms with E-state index in [2.05, 4.69) is 20.3 Å². The van der Waals surface area contributed by atoms with Crippen LogP contribution in [0.3, 0.4) is 0 Å². The first-order valence-electron chi connectivity index (χ1n) is 13.6. The number of piperidine rings is 2. The van der Waals surface area contributed by atoms with E-state index in [1.54, 1.807) is 4.52 Å². The summed E-state index contributed by atoms with van der Waals surface area (Å²) < 4.78 is 1.72. The molecular formula is C28H34N6O3. The molecule has 0 radical (unpaired) electrons. The molecule has 2 aromatic heterocycles. The van der Waals surface area contributed by atoms with Crippen LogP contribution in [-0.2, 0) is 4.79 Å². The lowest BCUT2D eigenvalue weighted by molar-refractivity contribution is -0.117. The average Bonchev–Trinajstić information content (AvgIpc) is 3.72. The number of nitrogens with zero attached hydrogens (tertiary/aromatic N) is 5. The van der Waals surface area contributed by atoms with E-state index in [1.807, 2.05) is 47.4 Å². The maximum absolute atomic E-state index is 13.3. The van der Waals surface area contributed by atoms with Gasteiger partial charge in [-0.3, -0.25) is 19.8 Å². The number of pyridine rings is 1. The zero-order valence-corrected chi connectivity index (χ0v) is 21.1. The molecule has 0 bridgehead atoms. The number of amides is 2. The van der Waals surface area contributed by atoms with Crippen molar-refractivity contribution in [3.05, 3.63) is 48.0 Å². The third kappa shape index (κ3) is 5.10. The van der Waals surface area contributed by atoms with Crippen molar-refractivity contribution in [2.75, 3.05) is 31.5 Å². The molecule has 1 aliphatic carbocycles. The minimum atomic E-state index is -0.472. The van der Waals surface area contributed by atoms with Crippen molar-refractivity contribution >= 4 is 23.4 Å². The summed E-state index contributed by atoms with van der Waals surface area (Å²) in [5, 5.41) is 18.3. The van der Waals surface area contributed by atoms with Gasteiger partial charge in [0.2, 0.25) is 11.9 Å². The van der Waals surface area contributed by atoms with Crippen molar-refractivity contribution < 1.29 is 14.7 Å². The highest BCUT2D eigenvalue weighted by atomic mass is 16.3. The van der Waals surface area contributed by atoms with Gasteiger partial charge >= 0.3 is 0 Å². The smallest absolute Gasteiger partial charge is 0.253 e. The molecular weight excluding hydrogens is 468 g/mol. The van der Waals surface area contributed by atoms with E-state index in [4.69, 9.17) is 0 Å². The standard InChI is InChI=1S/C28H34N6O3/c35-25(20-11-12-20)30-28-29-24-8-4-7-23(34(24)31-28)19-9-13-21(14-10-19)26(36)33-17-5-6-22(18-33)27(37)32-15-2-1-3-16-32/h4,7-10,13-14,20,22,27,37H,1-3,5-6,11-12,15-18H2,(H,30,31,35). The third-order valence-corrected chi connectivity index (χ3v) is 7.90. The molecule has 2 saturated heterocycles. The van der Waals surface area contributed by atoms with Crippen LogP contribution >= 0.6 is 0 Å². The zero-order chi connectivity index (χ0) is 25.4. The number of carbonyl (C=O) groups is 2. The molecule has 9 heteroatoms. The quantitative estimate of drug-likeness (QED) is 0.536. The largest absolute Gasteiger partial charge is 0.378 e. The monoisotopic (exact) mass is 502 g/mol. The molecule has 9 nitrogen and oxygen atoms in total. The molecule has 1 aromatic carbocycles. The van der Waals surface area contributed by atoms with Crippen LogP contribution in [0.4, 0.5) is 5.95 Å². The second-order valence-electron chi connectivity index (χ2n) is 10.6. The molecule has 3 aromatic rings. The van der Waals surface area contributed by atoms with Crippen molar-refractivity contribution in [2.45, 2.75) is 51.2 Å². The third-order valence-electron chi connectivity index (χ3n) is 7.90. The van der Waals surface area contributed by atoms with Crippen LogP contribution in [-0.4, -0.2) is 73.7 Å². The number of likely N-dealkylation sites (tertiary alicyclic amines) is 2. The molecule has 1 saturated carbocycles. The first kappa shape index (κ1) is 24.1. The second kappa shape index (κ2) is 10.2. The van der Waals surface area contributed by atoms with Crippen LogP contribution in [0.25, 0.3) is 16.9 Å². The van der Waals surface area contributed by atoms with Gasteiger partial charge in [-0.2, -0.15) is 4.98 Å². The highest BCUT2D eigenvalue weighted by Crippen LogP contribution is 2.30. The van der Waals surface area contributed by atoms with Crippen molar-refractivity contribution in [3.63, 3.8) is 0 Å². The number of fused-ring (bicyclic) bond motifs is 1. The summed E-state index contributed by atoms with van der Waals surface area (Å²) in [5.74, 6) is 0.464. The Kier molecular flexibility index (Phi) is 6.65. The Bertz CT molecular complexity index is 1280. The number of hydrogen-bond acceptors (Lipinski definition) is 6. The Labute approximate surface area is 216 Å². The van der Waals surface area contributed by atoms with Gasteiger partial charge in [0, 0.05) is 49.1 Å². The van der Waals surface area contributed by atoms with Gasteiger partial charge in [0.25, 0.3) is 5.91 Å². The van der Waals surface area contributed by atoms with Crippen LogP contribution in [0.2, 0.25) is 0 Å². The normalized spacial score (nSPS) is 21.6. The summed E-state index contributed by atoms with van der Waals surface area (Å²) in [4.78, 5) is 34.0. The summed E-state index contributed by atoms with van der Waals surface area (Å²) >= 11 is 0. The molecule has 2 atom stereocenters. The number of aliphatic hydroxyl groups excluding tert-OH is 1. The lowest BCUT2D eigenvalue weighted by atomic mass is 9.94. The molecule has 2 N–H and O–H groups in total. The fraction of sp³-hybridized carbons (Fsp3) is 0.500. The van der Waals surface area contributed by atoms with Crippen LogP contribution < -0.4 is 5.32 Å². The molecule has 3 aliphatic rings. The fourth-order valence-electron chi connectivity index (χ4n) is 5.62. The summed E-state index contributed by atoms with van der Waals surface area (Å²) in [7, 11) is 0. The maximum Gasteiger partial charge on any atom is 0.253 e. The SMILES string of the molecule is O=C(Nc1nc2cccc(-c3ccc(C(=O)N4CCCC(C(O)N5CCCCC5)C4)cc3)n2n1)C1CC1. The number of nitrogens with one attached hydrogen (secondary N) is 1. The summed E-state index contributed by atoms with van der Waals surface area (Å²) in [6, 6.07) is 13.3. The molecule has 37 heavy (non-hydrogen) atoms. The van der Waals surface area contributed by atoms with Gasteiger partial charge in [-0.05, 0) is 62.8 Å². The first-order chi connectivity index (χ1) is 18.1. The van der Waals surface area contributed by atoms with Gasteiger partial charge in [-0.1, -0.05) is 24.6 Å². The van der Waals surface area contributed by atoms with Crippen LogP contribution in [0.15, 0.2) is 42.5 Å². The number of anilines is 1. The minimum Gasteiger partial charge on any atom is -0.378 e. The molecule has 194 valence electrons. The second-order valence-corrected chi connectivity index (χ2v) is 10.6. The van der Waals surface area contributed by atoms with Crippen molar-refractivity contribution in [2.24, 2.45) is 11.8 Å². The topological polar surface area (TPSA) is 103 Å². The number of aromatic nitrogens is 3. The minimum absolute atomic E-state index is 0.00568. The van der Waals surface area contributed by atoms with Crippen molar-refractivity contribution in [3.8, 4) is 11.3 Å². The fourth-order valence-corrected chi connectivity index (χ4v) is 5.62. The Morgan fingerprint density at radius 1 is 0.946 bits per heavy atom. The number of rotatable bonds is 6. The molecule has 2 aliphatic heterocycles. The summed E-state index contributed by atoms with van der Waals surface area (Å²) in [6.45, 7) is 3.20. The highest BCUT2D eigenvalue weighted by molar-refractivity contribution is 5.95. The Morgan fingerprint density at radius 2 is 1.73 bits per heavy atom. The highest BCUT2D eigenvalue weighted by Gasteiger charge is 2.33. The molecule has 2 amide bonds. The lowest BCUT2D eigenvalue weighted by Crippen LogP contribution is -2.50. The number of benzene rings is 1. The van der Waals surface area contributed by atoms with E-state index in [0.29, 0.717) is 23.7 Å². The van der Waals surface area contributed by atoms with E-state index in [1.165, 1.54) is 6.42 Å². The number of hydrogen-bond donors (Lipinski definition) is 2. The molecule has 6 rings (SSSR count). The van der Waals surface area contributed by atoms with Crippen LogP contribution in [0, 0.1) is 11.8 Å². The van der Waals surface area contributed by atoms with E-state index in [-0.39, 0.29) is 23.7 Å². The number of carbonyl (C=O) groups excluding carboxylic acids is 2. The lowest BCUT2D eigenvalue weighted by Gasteiger charge is -2.40. The first-order valence-corrected chi connectivity index (χ1v) is 13.6. The van der Waals surface area contributed by atoms with E-state index >= 15 is 0 Å². The molecule has 2 unspecified atom stereocenters. The van der Waals surface area contributed by atoms with Gasteiger partial charge in [-0.15, -0.1) is 5.10 Å². The summed E-state index contributed by atoms with van der Waals surface area (Å²) in [6.07, 6.45) is 6.74. The summed E-state index contributed by atoms with van der Waals surface area (Å²) in [5.41, 5.74) is 3.03.